The van der Waals surface area contributed by atoms with E-state index in [1.54, 1.807) is 19.2 Å². The first-order valence-corrected chi connectivity index (χ1v) is 8.90. The van der Waals surface area contributed by atoms with Gasteiger partial charge in [-0.1, -0.05) is 19.0 Å². The number of aromatic nitrogens is 1. The Hall–Kier alpha value is -1.84. The average molecular weight is 490 g/mol. The summed E-state index contributed by atoms with van der Waals surface area (Å²) in [5.74, 6) is 1.93. The fourth-order valence-corrected chi connectivity index (χ4v) is 2.56. The van der Waals surface area contributed by atoms with Gasteiger partial charge in [-0.2, -0.15) is 0 Å². The van der Waals surface area contributed by atoms with Crippen molar-refractivity contribution < 1.29 is 13.7 Å². The van der Waals surface area contributed by atoms with Crippen LogP contribution in [0.5, 0.6) is 5.75 Å². The van der Waals surface area contributed by atoms with Crippen molar-refractivity contribution in [3.05, 3.63) is 47.1 Å². The number of ether oxygens (including phenoxy) is 1. The molecule has 1 heterocycles. The number of aryl methyl sites for hydroxylation is 2. The third-order valence-corrected chi connectivity index (χ3v) is 3.97. The number of nitrogens with zero attached hydrogens (tertiary/aromatic N) is 2. The molecule has 0 bridgehead atoms. The molecule has 150 valence electrons. The predicted molar refractivity (Wildman–Crippen MR) is 115 cm³/mol. The molecule has 0 aliphatic heterocycles. The van der Waals surface area contributed by atoms with E-state index in [1.165, 1.54) is 12.1 Å². The molecule has 27 heavy (non-hydrogen) atoms. The third kappa shape index (κ3) is 7.00. The molecule has 6 nitrogen and oxygen atoms in total. The Kier molecular flexibility index (Phi) is 10.1. The smallest absolute Gasteiger partial charge is 0.191 e. The van der Waals surface area contributed by atoms with Crippen LogP contribution >= 0.6 is 24.0 Å². The highest BCUT2D eigenvalue weighted by Gasteiger charge is 2.14. The Labute approximate surface area is 177 Å². The SMILES string of the molecule is CCc1noc(CC)c1CNC(=NC)NCC(C)Oc1ccc(F)cc1.I. The van der Waals surface area contributed by atoms with Gasteiger partial charge in [-0.3, -0.25) is 4.99 Å². The zero-order chi connectivity index (χ0) is 18.9. The van der Waals surface area contributed by atoms with Crippen molar-refractivity contribution >= 4 is 29.9 Å². The highest BCUT2D eigenvalue weighted by molar-refractivity contribution is 14.0. The molecule has 8 heteroatoms. The molecule has 0 saturated heterocycles. The molecule has 2 aromatic rings. The zero-order valence-electron chi connectivity index (χ0n) is 16.2. The van der Waals surface area contributed by atoms with E-state index in [4.69, 9.17) is 9.26 Å². The largest absolute Gasteiger partial charge is 0.489 e. The Morgan fingerprint density at radius 2 is 1.93 bits per heavy atom. The van der Waals surface area contributed by atoms with Gasteiger partial charge in [0.05, 0.1) is 12.2 Å². The van der Waals surface area contributed by atoms with Gasteiger partial charge in [-0.25, -0.2) is 4.39 Å². The maximum Gasteiger partial charge on any atom is 0.191 e. The van der Waals surface area contributed by atoms with E-state index in [2.05, 4.69) is 27.7 Å². The first-order chi connectivity index (χ1) is 12.6. The summed E-state index contributed by atoms with van der Waals surface area (Å²) in [5.41, 5.74) is 2.06. The summed E-state index contributed by atoms with van der Waals surface area (Å²) >= 11 is 0. The predicted octanol–water partition coefficient (Wildman–Crippen LogP) is 3.69. The molecule has 0 radical (unpaired) electrons. The first-order valence-electron chi connectivity index (χ1n) is 8.90. The van der Waals surface area contributed by atoms with E-state index >= 15 is 0 Å². The summed E-state index contributed by atoms with van der Waals surface area (Å²) < 4.78 is 24.1. The van der Waals surface area contributed by atoms with Gasteiger partial charge in [0.15, 0.2) is 5.96 Å². The summed E-state index contributed by atoms with van der Waals surface area (Å²) in [7, 11) is 1.72. The summed E-state index contributed by atoms with van der Waals surface area (Å²) in [6.45, 7) is 7.20. The Morgan fingerprint density at radius 3 is 2.52 bits per heavy atom. The van der Waals surface area contributed by atoms with E-state index in [0.717, 1.165) is 29.9 Å². The van der Waals surface area contributed by atoms with Gasteiger partial charge in [-0.05, 0) is 37.6 Å². The normalized spacial score (nSPS) is 12.3. The standard InChI is InChI=1S/C19H27FN4O2.HI/c1-5-17-16(18(6-2)26-24-17)12-23-19(21-4)22-11-13(3)25-15-9-7-14(20)8-10-15;/h7-10,13H,5-6,11-12H2,1-4H3,(H2,21,22,23);1H. The van der Waals surface area contributed by atoms with Crippen LogP contribution < -0.4 is 15.4 Å². The van der Waals surface area contributed by atoms with Crippen LogP contribution in [0, 0.1) is 5.82 Å². The zero-order valence-corrected chi connectivity index (χ0v) is 18.5. The summed E-state index contributed by atoms with van der Waals surface area (Å²) in [6, 6.07) is 5.99. The third-order valence-electron chi connectivity index (χ3n) is 3.97. The van der Waals surface area contributed by atoms with Crippen molar-refractivity contribution in [3.63, 3.8) is 0 Å². The van der Waals surface area contributed by atoms with Crippen molar-refractivity contribution in [3.8, 4) is 5.75 Å². The van der Waals surface area contributed by atoms with Gasteiger partial charge in [-0.15, -0.1) is 24.0 Å². The first kappa shape index (κ1) is 23.2. The molecule has 2 N–H and O–H groups in total. The second kappa shape index (κ2) is 11.8. The molecule has 1 atom stereocenters. The lowest BCUT2D eigenvalue weighted by Crippen LogP contribution is -2.41. The number of benzene rings is 1. The van der Waals surface area contributed by atoms with Crippen LogP contribution in [0.4, 0.5) is 4.39 Å². The molecule has 0 spiro atoms. The number of nitrogens with one attached hydrogen (secondary N) is 2. The minimum absolute atomic E-state index is 0. The van der Waals surface area contributed by atoms with Crippen LogP contribution in [0.25, 0.3) is 0 Å². The fourth-order valence-electron chi connectivity index (χ4n) is 2.56. The van der Waals surface area contributed by atoms with E-state index < -0.39 is 0 Å². The van der Waals surface area contributed by atoms with E-state index in [0.29, 0.717) is 24.8 Å². The molecule has 0 saturated carbocycles. The summed E-state index contributed by atoms with van der Waals surface area (Å²) in [5, 5.41) is 10.6. The fraction of sp³-hybridized carbons (Fsp3) is 0.474. The molecule has 0 fully saturated rings. The average Bonchev–Trinajstić information content (AvgIpc) is 3.05. The number of hydrogen-bond acceptors (Lipinski definition) is 4. The van der Waals surface area contributed by atoms with Gasteiger partial charge in [0.1, 0.15) is 23.4 Å². The molecule has 1 aromatic carbocycles. The van der Waals surface area contributed by atoms with Crippen LogP contribution in [-0.4, -0.2) is 30.8 Å². The van der Waals surface area contributed by atoms with E-state index in [-0.39, 0.29) is 35.9 Å². The van der Waals surface area contributed by atoms with E-state index in [1.807, 2.05) is 13.8 Å². The lowest BCUT2D eigenvalue weighted by atomic mass is 10.1. The van der Waals surface area contributed by atoms with Crippen LogP contribution in [0.2, 0.25) is 0 Å². The highest BCUT2D eigenvalue weighted by Crippen LogP contribution is 2.15. The number of hydrogen-bond donors (Lipinski definition) is 2. The van der Waals surface area contributed by atoms with Gasteiger partial charge in [0.25, 0.3) is 0 Å². The minimum atomic E-state index is -0.278. The lowest BCUT2D eigenvalue weighted by Gasteiger charge is -2.18. The van der Waals surface area contributed by atoms with Crippen LogP contribution in [0.15, 0.2) is 33.8 Å². The van der Waals surface area contributed by atoms with Crippen molar-refractivity contribution in [1.29, 1.82) is 0 Å². The molecule has 0 aliphatic rings. The van der Waals surface area contributed by atoms with Gasteiger partial charge >= 0.3 is 0 Å². The summed E-state index contributed by atoms with van der Waals surface area (Å²) in [4.78, 5) is 4.23. The number of rotatable bonds is 8. The number of halogens is 2. The molecule has 1 aromatic heterocycles. The maximum atomic E-state index is 12.9. The molecule has 1 unspecified atom stereocenters. The van der Waals surface area contributed by atoms with Crippen LogP contribution in [-0.2, 0) is 19.4 Å². The Balaban J connectivity index is 0.00000364. The van der Waals surface area contributed by atoms with Crippen LogP contribution in [0.3, 0.4) is 0 Å². The summed E-state index contributed by atoms with van der Waals surface area (Å²) in [6.07, 6.45) is 1.53. The van der Waals surface area contributed by atoms with Gasteiger partial charge in [0, 0.05) is 25.6 Å². The second-order valence-electron chi connectivity index (χ2n) is 5.93. The minimum Gasteiger partial charge on any atom is -0.489 e. The van der Waals surface area contributed by atoms with Crippen molar-refractivity contribution in [2.45, 2.75) is 46.3 Å². The van der Waals surface area contributed by atoms with Crippen molar-refractivity contribution in [2.75, 3.05) is 13.6 Å². The Morgan fingerprint density at radius 1 is 1.22 bits per heavy atom. The molecule has 0 aliphatic carbocycles. The maximum absolute atomic E-state index is 12.9. The Bertz CT molecular complexity index is 697. The quantitative estimate of drug-likeness (QED) is 0.336. The van der Waals surface area contributed by atoms with Crippen LogP contribution in [0.1, 0.15) is 37.8 Å². The second-order valence-corrected chi connectivity index (χ2v) is 5.93. The van der Waals surface area contributed by atoms with Crippen molar-refractivity contribution in [1.82, 2.24) is 15.8 Å². The molecule has 0 amide bonds. The van der Waals surface area contributed by atoms with E-state index in [9.17, 15) is 4.39 Å². The van der Waals surface area contributed by atoms with Gasteiger partial charge < -0.3 is 19.9 Å². The molecular weight excluding hydrogens is 462 g/mol. The highest BCUT2D eigenvalue weighted by atomic mass is 127. The number of guanidine groups is 1. The number of aliphatic imine (C=N–C) groups is 1. The van der Waals surface area contributed by atoms with Gasteiger partial charge in [0.2, 0.25) is 0 Å². The topological polar surface area (TPSA) is 71.7 Å². The molecular formula is C19H28FIN4O2. The van der Waals surface area contributed by atoms with Crippen molar-refractivity contribution in [2.24, 2.45) is 4.99 Å². The monoisotopic (exact) mass is 490 g/mol. The lowest BCUT2D eigenvalue weighted by molar-refractivity contribution is 0.223. The molecule has 2 rings (SSSR count).